The van der Waals surface area contributed by atoms with E-state index in [2.05, 4.69) is 27.1 Å². The standard InChI is InChI=1S/C33H42FN5O5/c1-36(2)9-8-35-33(43)23-17-39-25-15-20-21(30(41)19-7-5-4-6-18(19)29(20)40)16-26(25)44-32-27(39)22(31(23)42)14-24(34)28(32)38-12-10-37(3)11-13-38/h4-7,17,20-22,24-28,32H,8-16H2,1-3H3,(H,35,43). The molecule has 6 aliphatic rings. The fourth-order valence-corrected chi connectivity index (χ4v) is 8.69. The maximum absolute atomic E-state index is 16.3. The van der Waals surface area contributed by atoms with Crippen molar-refractivity contribution >= 4 is 23.3 Å². The Labute approximate surface area is 257 Å². The zero-order valence-corrected chi connectivity index (χ0v) is 25.7. The Bertz CT molecular complexity index is 1390. The molecule has 1 aromatic carbocycles. The fraction of sp³-hybridized carbons (Fsp3) is 0.636. The molecule has 0 spiro atoms. The predicted molar refractivity (Wildman–Crippen MR) is 160 cm³/mol. The number of alkyl halides is 1. The molecule has 7 rings (SSSR count). The number of hydrogen-bond acceptors (Lipinski definition) is 9. The Morgan fingerprint density at radius 2 is 1.59 bits per heavy atom. The van der Waals surface area contributed by atoms with E-state index in [-0.39, 0.29) is 35.4 Å². The van der Waals surface area contributed by atoms with Crippen LogP contribution in [0.25, 0.3) is 0 Å². The number of hydrogen-bond donors (Lipinski definition) is 1. The minimum absolute atomic E-state index is 0.0212. The second-order valence-electron chi connectivity index (χ2n) is 13.8. The van der Waals surface area contributed by atoms with E-state index in [4.69, 9.17) is 4.74 Å². The molecule has 3 aliphatic carbocycles. The SMILES string of the molecule is CN(C)CCNC(=O)C1=CN2C3CC4C(=O)c5ccccc5C(=O)C4CC3OC3C(N4CCN(C)CC4)C(F)CC(C1=O)C32. The number of Topliss-reactive ketones (excluding diaryl/α,β-unsaturated/α-hetero) is 3. The van der Waals surface area contributed by atoms with Gasteiger partial charge in [-0.05, 0) is 40.4 Å². The molecule has 11 heteroatoms. The third-order valence-corrected chi connectivity index (χ3v) is 11.0. The van der Waals surface area contributed by atoms with Crippen LogP contribution in [-0.2, 0) is 14.3 Å². The van der Waals surface area contributed by atoms with Crippen LogP contribution in [0.1, 0.15) is 40.0 Å². The topological polar surface area (TPSA) is 102 Å². The molecule has 3 heterocycles. The number of carbonyl (C=O) groups excluding carboxylic acids is 4. The molecule has 2 saturated carbocycles. The van der Waals surface area contributed by atoms with E-state index in [0.717, 1.165) is 13.1 Å². The zero-order valence-electron chi connectivity index (χ0n) is 25.7. The number of halogens is 1. The molecular formula is C33H42FN5O5. The summed E-state index contributed by atoms with van der Waals surface area (Å²) in [6.07, 6.45) is 0.0649. The number of piperazine rings is 1. The Kier molecular flexibility index (Phi) is 7.71. The quantitative estimate of drug-likeness (QED) is 0.492. The van der Waals surface area contributed by atoms with Crippen LogP contribution in [-0.4, -0.2) is 140 Å². The Morgan fingerprint density at radius 1 is 0.932 bits per heavy atom. The van der Waals surface area contributed by atoms with Crippen molar-refractivity contribution in [2.75, 3.05) is 60.4 Å². The lowest BCUT2D eigenvalue weighted by Gasteiger charge is -2.61. The van der Waals surface area contributed by atoms with Crippen molar-refractivity contribution < 1.29 is 28.3 Å². The molecule has 2 saturated heterocycles. The van der Waals surface area contributed by atoms with Crippen molar-refractivity contribution in [1.82, 2.24) is 24.9 Å². The second kappa shape index (κ2) is 11.4. The highest BCUT2D eigenvalue weighted by Crippen LogP contribution is 2.50. The van der Waals surface area contributed by atoms with Crippen LogP contribution in [0.15, 0.2) is 36.0 Å². The van der Waals surface area contributed by atoms with Gasteiger partial charge in [-0.3, -0.25) is 24.1 Å². The van der Waals surface area contributed by atoms with E-state index in [1.165, 1.54) is 0 Å². The van der Waals surface area contributed by atoms with Gasteiger partial charge in [0.1, 0.15) is 6.17 Å². The van der Waals surface area contributed by atoms with Crippen LogP contribution in [0.2, 0.25) is 0 Å². The third-order valence-electron chi connectivity index (χ3n) is 11.0. The fourth-order valence-electron chi connectivity index (χ4n) is 8.69. The van der Waals surface area contributed by atoms with Crippen molar-refractivity contribution in [1.29, 1.82) is 0 Å². The molecule has 1 amide bonds. The number of likely N-dealkylation sites (N-methyl/N-ethyl adjacent to an activating group) is 2. The van der Waals surface area contributed by atoms with Crippen LogP contribution >= 0.6 is 0 Å². The number of carbonyl (C=O) groups is 4. The summed E-state index contributed by atoms with van der Waals surface area (Å²) < 4.78 is 23.2. The third kappa shape index (κ3) is 4.83. The van der Waals surface area contributed by atoms with E-state index in [1.54, 1.807) is 30.5 Å². The molecule has 10 nitrogen and oxygen atoms in total. The molecule has 9 unspecified atom stereocenters. The van der Waals surface area contributed by atoms with Gasteiger partial charge < -0.3 is 24.8 Å². The van der Waals surface area contributed by atoms with Crippen molar-refractivity contribution in [3.63, 3.8) is 0 Å². The van der Waals surface area contributed by atoms with Gasteiger partial charge in [-0.2, -0.15) is 0 Å². The summed E-state index contributed by atoms with van der Waals surface area (Å²) >= 11 is 0. The maximum atomic E-state index is 16.3. The highest BCUT2D eigenvalue weighted by Gasteiger charge is 2.62. The van der Waals surface area contributed by atoms with Crippen LogP contribution in [0.5, 0.6) is 0 Å². The predicted octanol–water partition coefficient (Wildman–Crippen LogP) is 1.02. The number of morpholine rings is 1. The Hall–Kier alpha value is -2.99. The lowest BCUT2D eigenvalue weighted by Crippen LogP contribution is -2.74. The Balaban J connectivity index is 1.26. The number of benzene rings is 1. The van der Waals surface area contributed by atoms with Crippen LogP contribution in [0.3, 0.4) is 0 Å². The summed E-state index contributed by atoms with van der Waals surface area (Å²) in [7, 11) is 5.86. The zero-order chi connectivity index (χ0) is 30.9. The molecule has 3 aliphatic heterocycles. The smallest absolute Gasteiger partial charge is 0.256 e. The van der Waals surface area contributed by atoms with E-state index in [1.807, 2.05) is 19.0 Å². The molecular weight excluding hydrogens is 565 g/mol. The molecule has 4 fully saturated rings. The minimum atomic E-state index is -1.30. The number of rotatable bonds is 5. The summed E-state index contributed by atoms with van der Waals surface area (Å²) in [5, 5.41) is 2.87. The van der Waals surface area contributed by atoms with Crippen molar-refractivity contribution in [2.45, 2.75) is 55.8 Å². The van der Waals surface area contributed by atoms with Crippen LogP contribution in [0, 0.1) is 17.8 Å². The minimum Gasteiger partial charge on any atom is -0.369 e. The summed E-state index contributed by atoms with van der Waals surface area (Å²) in [6.45, 7) is 4.02. The highest BCUT2D eigenvalue weighted by molar-refractivity contribution is 6.20. The lowest BCUT2D eigenvalue weighted by atomic mass is 9.63. The number of ether oxygens (including phenoxy) is 1. The van der Waals surface area contributed by atoms with Gasteiger partial charge in [-0.1, -0.05) is 24.3 Å². The van der Waals surface area contributed by atoms with Gasteiger partial charge in [0.15, 0.2) is 17.3 Å². The Morgan fingerprint density at radius 3 is 2.25 bits per heavy atom. The van der Waals surface area contributed by atoms with Crippen molar-refractivity contribution in [3.05, 3.63) is 47.2 Å². The van der Waals surface area contributed by atoms with Gasteiger partial charge in [0.2, 0.25) is 0 Å². The van der Waals surface area contributed by atoms with Crippen molar-refractivity contribution in [2.24, 2.45) is 17.8 Å². The molecule has 1 aromatic rings. The summed E-state index contributed by atoms with van der Waals surface area (Å²) in [5.74, 6) is -2.64. The van der Waals surface area contributed by atoms with Crippen LogP contribution in [0.4, 0.5) is 4.39 Å². The van der Waals surface area contributed by atoms with E-state index in [0.29, 0.717) is 50.1 Å². The molecule has 1 N–H and O–H groups in total. The monoisotopic (exact) mass is 607 g/mol. The molecule has 0 bridgehead atoms. The van der Waals surface area contributed by atoms with E-state index < -0.39 is 54.1 Å². The van der Waals surface area contributed by atoms with E-state index in [9.17, 15) is 19.2 Å². The van der Waals surface area contributed by atoms with Gasteiger partial charge in [-0.15, -0.1) is 0 Å². The van der Waals surface area contributed by atoms with Crippen molar-refractivity contribution in [3.8, 4) is 0 Å². The first-order valence-corrected chi connectivity index (χ1v) is 16.0. The molecule has 236 valence electrons. The number of fused-ring (bicyclic) bond motifs is 4. The summed E-state index contributed by atoms with van der Waals surface area (Å²) in [5.41, 5.74) is 0.958. The van der Waals surface area contributed by atoms with Gasteiger partial charge in [0.25, 0.3) is 5.91 Å². The number of nitrogens with one attached hydrogen (secondary N) is 1. The van der Waals surface area contributed by atoms with Gasteiger partial charge >= 0.3 is 0 Å². The molecule has 9 atom stereocenters. The molecule has 0 radical (unpaired) electrons. The van der Waals surface area contributed by atoms with Gasteiger partial charge in [-0.25, -0.2) is 4.39 Å². The normalized spacial score (nSPS) is 37.1. The lowest BCUT2D eigenvalue weighted by molar-refractivity contribution is -0.217. The number of amides is 1. The average molecular weight is 608 g/mol. The first kappa shape index (κ1) is 29.7. The maximum Gasteiger partial charge on any atom is 0.256 e. The summed E-state index contributed by atoms with van der Waals surface area (Å²) in [6, 6.07) is 5.71. The second-order valence-corrected chi connectivity index (χ2v) is 13.8. The van der Waals surface area contributed by atoms with Crippen LogP contribution < -0.4 is 5.32 Å². The van der Waals surface area contributed by atoms with Gasteiger partial charge in [0.05, 0.1) is 35.9 Å². The van der Waals surface area contributed by atoms with E-state index >= 15 is 4.39 Å². The number of nitrogens with zero attached hydrogens (tertiary/aromatic N) is 4. The molecule has 0 aromatic heterocycles. The summed E-state index contributed by atoms with van der Waals surface area (Å²) in [4.78, 5) is 63.1. The first-order chi connectivity index (χ1) is 21.1. The average Bonchev–Trinajstić information content (AvgIpc) is 3.01. The molecule has 44 heavy (non-hydrogen) atoms. The number of ketones is 3. The largest absolute Gasteiger partial charge is 0.369 e. The first-order valence-electron chi connectivity index (χ1n) is 16.0. The van der Waals surface area contributed by atoms with Gasteiger partial charge in [0, 0.05) is 74.3 Å². The highest BCUT2D eigenvalue weighted by atomic mass is 19.1.